The first-order chi connectivity index (χ1) is 9.84. The third-order valence-corrected chi connectivity index (χ3v) is 2.99. The van der Waals surface area contributed by atoms with Crippen LogP contribution in [0.15, 0.2) is 30.3 Å². The molecule has 8 nitrogen and oxygen atoms in total. The minimum atomic E-state index is -1.62. The van der Waals surface area contributed by atoms with E-state index in [1.165, 1.54) is 6.92 Å². The van der Waals surface area contributed by atoms with E-state index in [0.717, 1.165) is 0 Å². The minimum Gasteiger partial charge on any atom is -0.480 e. The van der Waals surface area contributed by atoms with Gasteiger partial charge in [-0.05, 0) is 5.56 Å². The molecule has 2 N–H and O–H groups in total. The van der Waals surface area contributed by atoms with Crippen molar-refractivity contribution in [2.24, 2.45) is 0 Å². The first-order valence-corrected chi connectivity index (χ1v) is 6.09. The Morgan fingerprint density at radius 2 is 1.86 bits per heavy atom. The van der Waals surface area contributed by atoms with Gasteiger partial charge in [-0.2, -0.15) is 0 Å². The molecule has 1 aromatic rings. The highest BCUT2D eigenvalue weighted by atomic mass is 16.6. The van der Waals surface area contributed by atoms with Gasteiger partial charge in [-0.3, -0.25) is 10.1 Å². The molecule has 21 heavy (non-hydrogen) atoms. The van der Waals surface area contributed by atoms with Crippen molar-refractivity contribution in [3.8, 4) is 0 Å². The maximum atomic E-state index is 11.3. The van der Waals surface area contributed by atoms with Gasteiger partial charge >= 0.3 is 11.9 Å². The average molecular weight is 297 g/mol. The maximum Gasteiger partial charge on any atom is 0.333 e. The number of carboxylic acids is 2. The van der Waals surface area contributed by atoms with Gasteiger partial charge in [0.05, 0.1) is 5.92 Å². The van der Waals surface area contributed by atoms with Crippen LogP contribution in [0.3, 0.4) is 0 Å². The molecular formula is C13H15NO7. The standard InChI is InChI=1S/C13H15NO7/c1-8(14(19)20)11(9-5-3-2-4-6-9)12(13(17)18)21-7-10(15)16/h2-6,8,11-12H,7H2,1H3,(H,15,16)(H,17,18). The third-order valence-electron chi connectivity index (χ3n) is 2.99. The smallest absolute Gasteiger partial charge is 0.333 e. The van der Waals surface area contributed by atoms with Crippen molar-refractivity contribution in [1.82, 2.24) is 0 Å². The van der Waals surface area contributed by atoms with Gasteiger partial charge in [0.25, 0.3) is 0 Å². The summed E-state index contributed by atoms with van der Waals surface area (Å²) in [5.74, 6) is -3.89. The van der Waals surface area contributed by atoms with Gasteiger partial charge in [-0.15, -0.1) is 0 Å². The van der Waals surface area contributed by atoms with Gasteiger partial charge < -0.3 is 14.9 Å². The lowest BCUT2D eigenvalue weighted by Crippen LogP contribution is -2.40. The van der Waals surface area contributed by atoms with Gasteiger partial charge in [-0.1, -0.05) is 30.3 Å². The van der Waals surface area contributed by atoms with Gasteiger partial charge in [0.15, 0.2) is 6.10 Å². The molecule has 3 atom stereocenters. The van der Waals surface area contributed by atoms with Crippen LogP contribution in [0, 0.1) is 10.1 Å². The Kier molecular flexibility index (Phi) is 5.79. The molecule has 0 saturated carbocycles. The Morgan fingerprint density at radius 3 is 2.29 bits per heavy atom. The van der Waals surface area contributed by atoms with E-state index in [9.17, 15) is 24.8 Å². The molecule has 1 rings (SSSR count). The van der Waals surface area contributed by atoms with E-state index in [4.69, 9.17) is 9.84 Å². The zero-order valence-corrected chi connectivity index (χ0v) is 11.2. The van der Waals surface area contributed by atoms with Crippen molar-refractivity contribution in [1.29, 1.82) is 0 Å². The van der Waals surface area contributed by atoms with Crippen molar-refractivity contribution < 1.29 is 29.5 Å². The first kappa shape index (κ1) is 16.6. The fourth-order valence-corrected chi connectivity index (χ4v) is 2.00. The fraction of sp³-hybridized carbons (Fsp3) is 0.385. The Morgan fingerprint density at radius 1 is 1.29 bits per heavy atom. The summed E-state index contributed by atoms with van der Waals surface area (Å²) >= 11 is 0. The van der Waals surface area contributed by atoms with E-state index in [1.54, 1.807) is 30.3 Å². The minimum absolute atomic E-state index is 0.402. The lowest BCUT2D eigenvalue weighted by Gasteiger charge is -2.24. The fourth-order valence-electron chi connectivity index (χ4n) is 2.00. The van der Waals surface area contributed by atoms with Gasteiger partial charge in [-0.25, -0.2) is 9.59 Å². The topological polar surface area (TPSA) is 127 Å². The second-order valence-electron chi connectivity index (χ2n) is 4.43. The van der Waals surface area contributed by atoms with Crippen LogP contribution in [0.25, 0.3) is 0 Å². The zero-order valence-electron chi connectivity index (χ0n) is 11.2. The summed E-state index contributed by atoms with van der Waals surface area (Å²) in [6, 6.07) is 6.76. The number of aliphatic carboxylic acids is 2. The van der Waals surface area contributed by atoms with Crippen LogP contribution in [0.4, 0.5) is 0 Å². The SMILES string of the molecule is CC(C(c1ccccc1)C(OCC(=O)O)C(=O)O)[N+](=O)[O-]. The lowest BCUT2D eigenvalue weighted by atomic mass is 9.87. The van der Waals surface area contributed by atoms with Crippen LogP contribution in [0.5, 0.6) is 0 Å². The quantitative estimate of drug-likeness (QED) is 0.541. The van der Waals surface area contributed by atoms with Crippen molar-refractivity contribution >= 4 is 11.9 Å². The third kappa shape index (κ3) is 4.53. The number of carbonyl (C=O) groups is 2. The number of hydrogen-bond acceptors (Lipinski definition) is 5. The molecule has 0 saturated heterocycles. The van der Waals surface area contributed by atoms with Crippen molar-refractivity contribution in [3.05, 3.63) is 46.0 Å². The van der Waals surface area contributed by atoms with Crippen molar-refractivity contribution in [2.45, 2.75) is 25.0 Å². The Balaban J connectivity index is 3.16. The van der Waals surface area contributed by atoms with Crippen LogP contribution in [0.1, 0.15) is 18.4 Å². The molecule has 0 radical (unpaired) electrons. The molecule has 0 spiro atoms. The molecule has 0 bridgehead atoms. The summed E-state index contributed by atoms with van der Waals surface area (Å²) < 4.78 is 4.85. The second kappa shape index (κ2) is 7.34. The van der Waals surface area contributed by atoms with Gasteiger partial charge in [0.2, 0.25) is 6.04 Å². The molecule has 0 aromatic heterocycles. The molecule has 3 unspecified atom stereocenters. The average Bonchev–Trinajstić information content (AvgIpc) is 2.42. The molecular weight excluding hydrogens is 282 g/mol. The molecule has 0 aliphatic rings. The predicted octanol–water partition coefficient (Wildman–Crippen LogP) is 0.990. The van der Waals surface area contributed by atoms with E-state index >= 15 is 0 Å². The lowest BCUT2D eigenvalue weighted by molar-refractivity contribution is -0.524. The molecule has 8 heteroatoms. The molecule has 0 fully saturated rings. The van der Waals surface area contributed by atoms with Crippen LogP contribution in [0.2, 0.25) is 0 Å². The summed E-state index contributed by atoms with van der Waals surface area (Å²) in [7, 11) is 0. The van der Waals surface area contributed by atoms with Gasteiger partial charge in [0.1, 0.15) is 6.61 Å². The summed E-state index contributed by atoms with van der Waals surface area (Å²) in [6.45, 7) is 0.419. The highest BCUT2D eigenvalue weighted by molar-refractivity contribution is 5.75. The van der Waals surface area contributed by atoms with Crippen LogP contribution >= 0.6 is 0 Å². The number of nitrogens with zero attached hydrogens (tertiary/aromatic N) is 1. The number of carboxylic acid groups (broad SMARTS) is 2. The van der Waals surface area contributed by atoms with Crippen molar-refractivity contribution in [3.63, 3.8) is 0 Å². The number of nitro groups is 1. The van der Waals surface area contributed by atoms with E-state index in [1.807, 2.05) is 0 Å². The Labute approximate surface area is 120 Å². The number of hydrogen-bond donors (Lipinski definition) is 2. The summed E-state index contributed by atoms with van der Waals surface area (Å²) in [4.78, 5) is 32.3. The van der Waals surface area contributed by atoms with E-state index in [0.29, 0.717) is 5.56 Å². The summed E-state index contributed by atoms with van der Waals surface area (Å²) in [5, 5.41) is 28.8. The second-order valence-corrected chi connectivity index (χ2v) is 4.43. The van der Waals surface area contributed by atoms with Crippen LogP contribution in [-0.4, -0.2) is 45.8 Å². The number of benzene rings is 1. The van der Waals surface area contributed by atoms with Gasteiger partial charge in [0, 0.05) is 11.8 Å². The molecule has 0 heterocycles. The van der Waals surface area contributed by atoms with E-state index in [2.05, 4.69) is 0 Å². The largest absolute Gasteiger partial charge is 0.480 e. The predicted molar refractivity (Wildman–Crippen MR) is 70.7 cm³/mol. The van der Waals surface area contributed by atoms with E-state index in [-0.39, 0.29) is 0 Å². The summed E-state index contributed by atoms with van der Waals surface area (Å²) in [6.07, 6.45) is -1.62. The first-order valence-electron chi connectivity index (χ1n) is 6.09. The van der Waals surface area contributed by atoms with Crippen molar-refractivity contribution in [2.75, 3.05) is 6.61 Å². The molecule has 0 aliphatic carbocycles. The summed E-state index contributed by atoms with van der Waals surface area (Å²) in [5.41, 5.74) is 0.402. The monoisotopic (exact) mass is 297 g/mol. The van der Waals surface area contributed by atoms with Crippen LogP contribution in [-0.2, 0) is 14.3 Å². The Hall–Kier alpha value is -2.48. The molecule has 0 aliphatic heterocycles. The highest BCUT2D eigenvalue weighted by Gasteiger charge is 2.40. The molecule has 0 amide bonds. The maximum absolute atomic E-state index is 11.3. The molecule has 1 aromatic carbocycles. The Bertz CT molecular complexity index is 517. The molecule has 114 valence electrons. The normalized spacial score (nSPS) is 14.9. The zero-order chi connectivity index (χ0) is 16.0. The van der Waals surface area contributed by atoms with Crippen LogP contribution < -0.4 is 0 Å². The number of rotatable bonds is 8. The highest BCUT2D eigenvalue weighted by Crippen LogP contribution is 2.27. The number of ether oxygens (including phenoxy) is 1. The van der Waals surface area contributed by atoms with E-state index < -0.39 is 41.5 Å².